The van der Waals surface area contributed by atoms with Gasteiger partial charge in [-0.2, -0.15) is 0 Å². The molecule has 4 aliphatic carbocycles. The highest BCUT2D eigenvalue weighted by molar-refractivity contribution is 5.83. The minimum atomic E-state index is -0.542. The van der Waals surface area contributed by atoms with Gasteiger partial charge in [-0.05, 0) is 79.4 Å². The van der Waals surface area contributed by atoms with Crippen LogP contribution < -0.4 is 0 Å². The number of carbonyl (C=O) groups excluding carboxylic acids is 1. The van der Waals surface area contributed by atoms with Crippen LogP contribution in [0.4, 0.5) is 0 Å². The van der Waals surface area contributed by atoms with Crippen molar-refractivity contribution in [3.63, 3.8) is 0 Å². The minimum absolute atomic E-state index is 0.144. The average molecular weight is 419 g/mol. The summed E-state index contributed by atoms with van der Waals surface area (Å²) in [6.45, 7) is 11.9. The highest BCUT2D eigenvalue weighted by Crippen LogP contribution is 2.67. The van der Waals surface area contributed by atoms with Crippen LogP contribution >= 0.6 is 0 Å². The first-order chi connectivity index (χ1) is 14.1. The second kappa shape index (κ2) is 8.18. The molecule has 4 rings (SSSR count). The third-order valence-corrected chi connectivity index (χ3v) is 10.7. The Balaban J connectivity index is 1.53. The van der Waals surface area contributed by atoms with E-state index < -0.39 is 12.2 Å². The fraction of sp³-hybridized carbons (Fsp3) is 0.963. The molecule has 0 heterocycles. The Morgan fingerprint density at radius 3 is 2.43 bits per heavy atom. The van der Waals surface area contributed by atoms with Crippen LogP contribution in [0.25, 0.3) is 0 Å². The highest BCUT2D eigenvalue weighted by atomic mass is 16.3. The SMILES string of the molecule is CC(C)CCCC(C)C1CCC2C3CC(=O)C4CC(O)CC(O)C4(C)C3CCC12C. The molecule has 0 bridgehead atoms. The van der Waals surface area contributed by atoms with Crippen LogP contribution in [0.3, 0.4) is 0 Å². The van der Waals surface area contributed by atoms with Crippen LogP contribution in [-0.2, 0) is 4.79 Å². The van der Waals surface area contributed by atoms with Crippen LogP contribution in [0.2, 0.25) is 0 Å². The standard InChI is InChI=1S/C27H46O3/c1-16(2)7-6-8-17(3)20-9-10-21-19-15-24(29)23-13-18(28)14-25(30)27(23,5)22(19)11-12-26(20,21)4/h16-23,25,28,30H,6-15H2,1-5H3. The average Bonchev–Trinajstić information content (AvgIpc) is 3.01. The van der Waals surface area contributed by atoms with Crippen molar-refractivity contribution in [2.45, 2.75) is 111 Å². The van der Waals surface area contributed by atoms with Crippen molar-refractivity contribution in [3.8, 4) is 0 Å². The van der Waals surface area contributed by atoms with Crippen molar-refractivity contribution in [2.24, 2.45) is 52.3 Å². The first-order valence-electron chi connectivity index (χ1n) is 13.0. The van der Waals surface area contributed by atoms with Crippen LogP contribution in [0.15, 0.2) is 0 Å². The number of aliphatic hydroxyl groups is 2. The van der Waals surface area contributed by atoms with Crippen molar-refractivity contribution in [2.75, 3.05) is 0 Å². The number of fused-ring (bicyclic) bond motifs is 5. The molecular weight excluding hydrogens is 372 g/mol. The van der Waals surface area contributed by atoms with Gasteiger partial charge in [0.15, 0.2) is 0 Å². The van der Waals surface area contributed by atoms with Crippen LogP contribution in [-0.4, -0.2) is 28.2 Å². The van der Waals surface area contributed by atoms with E-state index in [2.05, 4.69) is 34.6 Å². The maximum atomic E-state index is 13.3. The Morgan fingerprint density at radius 1 is 1.00 bits per heavy atom. The van der Waals surface area contributed by atoms with E-state index in [1.807, 2.05) is 0 Å². The number of carbonyl (C=O) groups is 1. The lowest BCUT2D eigenvalue weighted by molar-refractivity contribution is -0.187. The fourth-order valence-electron chi connectivity index (χ4n) is 9.09. The molecule has 0 aliphatic heterocycles. The van der Waals surface area contributed by atoms with Crippen molar-refractivity contribution in [1.82, 2.24) is 0 Å². The van der Waals surface area contributed by atoms with E-state index in [1.54, 1.807) is 0 Å². The summed E-state index contributed by atoms with van der Waals surface area (Å²) in [5, 5.41) is 21.3. The molecule has 10 atom stereocenters. The summed E-state index contributed by atoms with van der Waals surface area (Å²) < 4.78 is 0. The van der Waals surface area contributed by atoms with Gasteiger partial charge in [0, 0.05) is 17.8 Å². The Labute approximate surface area is 184 Å². The van der Waals surface area contributed by atoms with E-state index in [0.29, 0.717) is 48.2 Å². The van der Waals surface area contributed by atoms with E-state index in [1.165, 1.54) is 38.5 Å². The van der Waals surface area contributed by atoms with Gasteiger partial charge in [-0.3, -0.25) is 4.79 Å². The van der Waals surface area contributed by atoms with Gasteiger partial charge in [-0.15, -0.1) is 0 Å². The summed E-state index contributed by atoms with van der Waals surface area (Å²) in [4.78, 5) is 13.3. The predicted octanol–water partition coefficient (Wildman–Crippen LogP) is 5.62. The largest absolute Gasteiger partial charge is 0.393 e. The Morgan fingerprint density at radius 2 is 1.73 bits per heavy atom. The molecule has 2 N–H and O–H groups in total. The molecule has 4 saturated carbocycles. The summed E-state index contributed by atoms with van der Waals surface area (Å²) in [6.07, 6.45) is 9.65. The molecule has 10 unspecified atom stereocenters. The number of rotatable bonds is 5. The van der Waals surface area contributed by atoms with Gasteiger partial charge in [0.05, 0.1) is 12.2 Å². The molecule has 0 aromatic heterocycles. The van der Waals surface area contributed by atoms with Gasteiger partial charge in [-0.1, -0.05) is 53.9 Å². The first-order valence-corrected chi connectivity index (χ1v) is 13.0. The summed E-state index contributed by atoms with van der Waals surface area (Å²) in [7, 11) is 0. The number of ketones is 1. The molecule has 0 aromatic rings. The lowest BCUT2D eigenvalue weighted by Crippen LogP contribution is -2.62. The van der Waals surface area contributed by atoms with E-state index in [9.17, 15) is 15.0 Å². The third-order valence-electron chi connectivity index (χ3n) is 10.7. The first kappa shape index (κ1) is 22.8. The normalized spacial score (nSPS) is 49.5. The lowest BCUT2D eigenvalue weighted by atomic mass is 9.43. The molecule has 30 heavy (non-hydrogen) atoms. The predicted molar refractivity (Wildman–Crippen MR) is 121 cm³/mol. The van der Waals surface area contributed by atoms with E-state index in [-0.39, 0.29) is 11.3 Å². The van der Waals surface area contributed by atoms with Gasteiger partial charge in [0.25, 0.3) is 0 Å². The Bertz CT molecular complexity index is 644. The summed E-state index contributed by atoms with van der Waals surface area (Å²) in [6, 6.07) is 0. The highest BCUT2D eigenvalue weighted by Gasteiger charge is 2.64. The zero-order valence-corrected chi connectivity index (χ0v) is 20.1. The number of Topliss-reactive ketones (excluding diaryl/α,β-unsaturated/α-hetero) is 1. The monoisotopic (exact) mass is 418 g/mol. The topological polar surface area (TPSA) is 57.5 Å². The van der Waals surface area contributed by atoms with Crippen LogP contribution in [0, 0.1) is 52.3 Å². The molecule has 3 heteroatoms. The maximum Gasteiger partial charge on any atom is 0.137 e. The van der Waals surface area contributed by atoms with Crippen molar-refractivity contribution >= 4 is 5.78 Å². The molecule has 0 radical (unpaired) electrons. The zero-order chi connectivity index (χ0) is 21.8. The van der Waals surface area contributed by atoms with E-state index >= 15 is 0 Å². The molecule has 3 nitrogen and oxygen atoms in total. The van der Waals surface area contributed by atoms with Gasteiger partial charge in [-0.25, -0.2) is 0 Å². The molecule has 0 aromatic carbocycles. The van der Waals surface area contributed by atoms with Crippen molar-refractivity contribution < 1.29 is 15.0 Å². The van der Waals surface area contributed by atoms with E-state index in [4.69, 9.17) is 0 Å². The second-order valence-corrected chi connectivity index (χ2v) is 12.6. The van der Waals surface area contributed by atoms with Gasteiger partial charge in [0.2, 0.25) is 0 Å². The Kier molecular flexibility index (Phi) is 6.21. The second-order valence-electron chi connectivity index (χ2n) is 12.6. The smallest absolute Gasteiger partial charge is 0.137 e. The molecule has 4 fully saturated rings. The van der Waals surface area contributed by atoms with Gasteiger partial charge < -0.3 is 10.2 Å². The summed E-state index contributed by atoms with van der Waals surface area (Å²) in [5.74, 6) is 4.05. The van der Waals surface area contributed by atoms with Gasteiger partial charge in [0.1, 0.15) is 5.78 Å². The van der Waals surface area contributed by atoms with E-state index in [0.717, 1.165) is 24.2 Å². The summed E-state index contributed by atoms with van der Waals surface area (Å²) in [5.41, 5.74) is 0.0303. The third kappa shape index (κ3) is 3.51. The van der Waals surface area contributed by atoms with Gasteiger partial charge >= 0.3 is 0 Å². The van der Waals surface area contributed by atoms with Crippen LogP contribution in [0.5, 0.6) is 0 Å². The molecule has 172 valence electrons. The summed E-state index contributed by atoms with van der Waals surface area (Å²) >= 11 is 0. The molecule has 0 spiro atoms. The zero-order valence-electron chi connectivity index (χ0n) is 20.1. The number of aliphatic hydroxyl groups excluding tert-OH is 2. The molecular formula is C27H46O3. The minimum Gasteiger partial charge on any atom is -0.393 e. The molecule has 4 aliphatic rings. The fourth-order valence-corrected chi connectivity index (χ4v) is 9.09. The molecule has 0 saturated heterocycles. The molecule has 0 amide bonds. The lowest BCUT2D eigenvalue weighted by Gasteiger charge is -2.61. The maximum absolute atomic E-state index is 13.3. The van der Waals surface area contributed by atoms with Crippen molar-refractivity contribution in [3.05, 3.63) is 0 Å². The Hall–Kier alpha value is -0.410. The number of hydrogen-bond acceptors (Lipinski definition) is 3. The number of hydrogen-bond donors (Lipinski definition) is 2. The quantitative estimate of drug-likeness (QED) is 0.609. The van der Waals surface area contributed by atoms with Crippen molar-refractivity contribution in [1.29, 1.82) is 0 Å². The van der Waals surface area contributed by atoms with Crippen LogP contribution in [0.1, 0.15) is 98.8 Å².